The highest BCUT2D eigenvalue weighted by molar-refractivity contribution is 6.02. The molecule has 4 rings (SSSR count). The van der Waals surface area contributed by atoms with Crippen LogP contribution in [-0.4, -0.2) is 31.3 Å². The third-order valence-electron chi connectivity index (χ3n) is 7.95. The summed E-state index contributed by atoms with van der Waals surface area (Å²) >= 11 is 0. The van der Waals surface area contributed by atoms with E-state index in [2.05, 4.69) is 19.1 Å². The summed E-state index contributed by atoms with van der Waals surface area (Å²) in [5.41, 5.74) is 1.32. The van der Waals surface area contributed by atoms with Crippen molar-refractivity contribution in [1.82, 2.24) is 0 Å². The van der Waals surface area contributed by atoms with Gasteiger partial charge in [-0.3, -0.25) is 4.79 Å². The Morgan fingerprint density at radius 1 is 0.810 bits per heavy atom. The lowest BCUT2D eigenvalue weighted by Crippen LogP contribution is -2.20. The number of fused-ring (bicyclic) bond motifs is 1. The minimum Gasteiger partial charge on any atom is -0.508 e. The molecule has 0 saturated carbocycles. The number of aromatic hydroxyl groups is 5. The van der Waals surface area contributed by atoms with Crippen LogP contribution in [0.25, 0.3) is 0 Å². The Balaban J connectivity index is 1.48. The van der Waals surface area contributed by atoms with Gasteiger partial charge in [0.15, 0.2) is 5.78 Å². The topological polar surface area (TPSA) is 127 Å². The van der Waals surface area contributed by atoms with Gasteiger partial charge in [0.2, 0.25) is 0 Å². The molecule has 2 unspecified atom stereocenters. The number of rotatable bonds is 14. The molecule has 1 heterocycles. The normalized spacial score (nSPS) is 16.3. The minimum atomic E-state index is -0.601. The maximum Gasteiger partial charge on any atom is 0.170 e. The Hall–Kier alpha value is -4.13. The minimum absolute atomic E-state index is 0.00249. The lowest BCUT2D eigenvalue weighted by Gasteiger charge is -2.33. The first-order chi connectivity index (χ1) is 20.3. The maximum absolute atomic E-state index is 13.2. The second kappa shape index (κ2) is 14.7. The first-order valence-corrected chi connectivity index (χ1v) is 15.0. The second-order valence-corrected chi connectivity index (χ2v) is 11.1. The molecular weight excluding hydrogens is 532 g/mol. The van der Waals surface area contributed by atoms with Crippen molar-refractivity contribution in [2.24, 2.45) is 0 Å². The number of allylic oxidation sites excluding steroid dienone is 2. The smallest absolute Gasteiger partial charge is 0.170 e. The van der Waals surface area contributed by atoms with E-state index in [0.29, 0.717) is 24.2 Å². The monoisotopic (exact) mass is 574 g/mol. The SMILES string of the molecule is CCCC/C=C/CCCCCCCC(=O)c1c(O)cc(O)c(C2CC(c3ccc(O)cc3)Oc3cc(O)ccc32)c1O. The maximum atomic E-state index is 13.2. The Morgan fingerprint density at radius 2 is 1.48 bits per heavy atom. The van der Waals surface area contributed by atoms with E-state index in [0.717, 1.165) is 50.2 Å². The van der Waals surface area contributed by atoms with Crippen LogP contribution in [-0.2, 0) is 0 Å². The average Bonchev–Trinajstić information content (AvgIpc) is 2.95. The van der Waals surface area contributed by atoms with Gasteiger partial charge in [-0.25, -0.2) is 0 Å². The standard InChI is InChI=1S/C35H42O7/c1-2-3-4-5-6-7-8-9-10-11-12-13-28(38)34-30(40)22-29(39)33(35(34)41)27-21-31(23-14-16-24(36)17-15-23)42-32-20-25(37)18-19-26(27)32/h5-6,14-20,22,27,31,36-37,39-41H,2-4,7-13,21H2,1H3/b6-5+. The molecule has 224 valence electrons. The van der Waals surface area contributed by atoms with Gasteiger partial charge in [-0.15, -0.1) is 0 Å². The molecule has 3 aromatic rings. The van der Waals surface area contributed by atoms with Gasteiger partial charge in [0.25, 0.3) is 0 Å². The number of ether oxygens (including phenoxy) is 1. The van der Waals surface area contributed by atoms with Crippen molar-refractivity contribution in [3.05, 3.63) is 82.9 Å². The van der Waals surface area contributed by atoms with Gasteiger partial charge < -0.3 is 30.3 Å². The van der Waals surface area contributed by atoms with Crippen molar-refractivity contribution in [1.29, 1.82) is 0 Å². The number of Topliss-reactive ketones (excluding diaryl/α,β-unsaturated/α-hetero) is 1. The first-order valence-electron chi connectivity index (χ1n) is 15.0. The van der Waals surface area contributed by atoms with Gasteiger partial charge in [0, 0.05) is 35.6 Å². The molecule has 5 N–H and O–H groups in total. The van der Waals surface area contributed by atoms with E-state index < -0.39 is 23.5 Å². The molecule has 7 heteroatoms. The molecular formula is C35H42O7. The summed E-state index contributed by atoms with van der Waals surface area (Å²) in [7, 11) is 0. The van der Waals surface area contributed by atoms with Crippen LogP contribution < -0.4 is 4.74 Å². The number of carbonyl (C=O) groups excluding carboxylic acids is 1. The van der Waals surface area contributed by atoms with Crippen LogP contribution in [0.5, 0.6) is 34.5 Å². The van der Waals surface area contributed by atoms with Gasteiger partial charge in [0.05, 0.1) is 0 Å². The van der Waals surface area contributed by atoms with Crippen molar-refractivity contribution in [3.63, 3.8) is 0 Å². The van der Waals surface area contributed by atoms with Crippen LogP contribution in [0.15, 0.2) is 60.7 Å². The summed E-state index contributed by atoms with van der Waals surface area (Å²) < 4.78 is 6.17. The molecule has 0 radical (unpaired) electrons. The number of ketones is 1. The fraction of sp³-hybridized carbons (Fsp3) is 0.400. The highest BCUT2D eigenvalue weighted by atomic mass is 16.5. The van der Waals surface area contributed by atoms with Gasteiger partial charge in [-0.2, -0.15) is 0 Å². The van der Waals surface area contributed by atoms with E-state index in [1.807, 2.05) is 0 Å². The molecule has 0 amide bonds. The molecule has 1 aliphatic rings. The van der Waals surface area contributed by atoms with Crippen LogP contribution in [0.1, 0.15) is 117 Å². The van der Waals surface area contributed by atoms with Crippen LogP contribution in [0, 0.1) is 0 Å². The molecule has 0 saturated heterocycles. The summed E-state index contributed by atoms with van der Waals surface area (Å²) in [6.07, 6.45) is 13.8. The van der Waals surface area contributed by atoms with E-state index in [4.69, 9.17) is 4.74 Å². The van der Waals surface area contributed by atoms with Gasteiger partial charge in [-0.1, -0.05) is 69.4 Å². The van der Waals surface area contributed by atoms with Gasteiger partial charge >= 0.3 is 0 Å². The lowest BCUT2D eigenvalue weighted by atomic mass is 9.80. The van der Waals surface area contributed by atoms with Crippen molar-refractivity contribution in [2.45, 2.75) is 89.6 Å². The molecule has 3 aromatic carbocycles. The van der Waals surface area contributed by atoms with E-state index in [1.165, 1.54) is 25.0 Å². The van der Waals surface area contributed by atoms with Crippen molar-refractivity contribution in [3.8, 4) is 34.5 Å². The van der Waals surface area contributed by atoms with Gasteiger partial charge in [0.1, 0.15) is 46.2 Å². The Morgan fingerprint density at radius 3 is 2.21 bits per heavy atom. The molecule has 7 nitrogen and oxygen atoms in total. The summed E-state index contributed by atoms with van der Waals surface area (Å²) in [6, 6.07) is 12.3. The second-order valence-electron chi connectivity index (χ2n) is 11.1. The van der Waals surface area contributed by atoms with E-state index in [-0.39, 0.29) is 40.6 Å². The van der Waals surface area contributed by atoms with Crippen LogP contribution in [0.2, 0.25) is 0 Å². The summed E-state index contributed by atoms with van der Waals surface area (Å²) in [5, 5.41) is 52.7. The van der Waals surface area contributed by atoms with Crippen LogP contribution in [0.4, 0.5) is 0 Å². The summed E-state index contributed by atoms with van der Waals surface area (Å²) in [6.45, 7) is 2.19. The Kier molecular flexibility index (Phi) is 10.8. The number of unbranched alkanes of at least 4 members (excludes halogenated alkanes) is 7. The van der Waals surface area contributed by atoms with Crippen molar-refractivity contribution < 1.29 is 35.1 Å². The van der Waals surface area contributed by atoms with E-state index in [1.54, 1.807) is 30.3 Å². The zero-order chi connectivity index (χ0) is 30.1. The van der Waals surface area contributed by atoms with Crippen molar-refractivity contribution >= 4 is 5.78 Å². The molecule has 0 aromatic heterocycles. The molecule has 42 heavy (non-hydrogen) atoms. The Bertz CT molecular complexity index is 1380. The third-order valence-corrected chi connectivity index (χ3v) is 7.95. The highest BCUT2D eigenvalue weighted by Gasteiger charge is 2.36. The summed E-state index contributed by atoms with van der Waals surface area (Å²) in [5.74, 6) is -1.73. The zero-order valence-electron chi connectivity index (χ0n) is 24.3. The largest absolute Gasteiger partial charge is 0.508 e. The number of phenolic OH excluding ortho intramolecular Hbond substituents is 5. The molecule has 2 atom stereocenters. The molecule has 0 fully saturated rings. The van der Waals surface area contributed by atoms with E-state index in [9.17, 15) is 30.3 Å². The van der Waals surface area contributed by atoms with Crippen LogP contribution >= 0.6 is 0 Å². The number of benzene rings is 3. The predicted molar refractivity (Wildman–Crippen MR) is 163 cm³/mol. The highest BCUT2D eigenvalue weighted by Crippen LogP contribution is 2.52. The number of carbonyl (C=O) groups is 1. The summed E-state index contributed by atoms with van der Waals surface area (Å²) in [4.78, 5) is 13.2. The lowest BCUT2D eigenvalue weighted by molar-refractivity contribution is 0.0973. The number of phenols is 5. The van der Waals surface area contributed by atoms with Gasteiger partial charge in [-0.05, 0) is 55.9 Å². The number of hydrogen-bond donors (Lipinski definition) is 5. The quantitative estimate of drug-likeness (QED) is 0.0741. The first kappa shape index (κ1) is 30.8. The fourth-order valence-corrected chi connectivity index (χ4v) is 5.66. The zero-order valence-corrected chi connectivity index (χ0v) is 24.3. The third kappa shape index (κ3) is 7.58. The molecule has 0 bridgehead atoms. The Labute approximate surface area is 247 Å². The van der Waals surface area contributed by atoms with E-state index >= 15 is 0 Å². The fourth-order valence-electron chi connectivity index (χ4n) is 5.66. The molecule has 0 aliphatic carbocycles. The van der Waals surface area contributed by atoms with Crippen molar-refractivity contribution in [2.75, 3.05) is 0 Å². The van der Waals surface area contributed by atoms with Crippen LogP contribution in [0.3, 0.4) is 0 Å². The molecule has 0 spiro atoms. The predicted octanol–water partition coefficient (Wildman–Crippen LogP) is 8.53. The molecule has 1 aliphatic heterocycles. The average molecular weight is 575 g/mol. The number of hydrogen-bond acceptors (Lipinski definition) is 7.